The van der Waals surface area contributed by atoms with E-state index in [9.17, 15) is 19.2 Å². The van der Waals surface area contributed by atoms with Crippen molar-refractivity contribution in [1.82, 2.24) is 4.90 Å². The van der Waals surface area contributed by atoms with E-state index in [4.69, 9.17) is 4.74 Å². The summed E-state index contributed by atoms with van der Waals surface area (Å²) in [6, 6.07) is 9.24. The van der Waals surface area contributed by atoms with Crippen LogP contribution in [0.3, 0.4) is 0 Å². The van der Waals surface area contributed by atoms with Gasteiger partial charge in [-0.1, -0.05) is 35.9 Å². The van der Waals surface area contributed by atoms with Gasteiger partial charge in [-0.25, -0.2) is 4.79 Å². The van der Waals surface area contributed by atoms with Crippen molar-refractivity contribution in [3.05, 3.63) is 51.8 Å². The molecule has 0 aliphatic carbocycles. The summed E-state index contributed by atoms with van der Waals surface area (Å²) in [6.45, 7) is 3.04. The smallest absolute Gasteiger partial charge is 0.341 e. The number of carbonyl (C=O) groups is 4. The normalized spacial score (nSPS) is 13.6. The molecular formula is C20H18N2O5S2. The molecule has 1 N–H and O–H groups in total. The first-order valence-electron chi connectivity index (χ1n) is 8.59. The van der Waals surface area contributed by atoms with Crippen molar-refractivity contribution in [3.8, 4) is 11.1 Å². The van der Waals surface area contributed by atoms with Crippen LogP contribution in [-0.4, -0.2) is 41.6 Å². The fourth-order valence-corrected chi connectivity index (χ4v) is 4.55. The lowest BCUT2D eigenvalue weighted by Crippen LogP contribution is -2.36. The number of thioether (sulfide) groups is 1. The summed E-state index contributed by atoms with van der Waals surface area (Å²) in [5.74, 6) is -1.65. The van der Waals surface area contributed by atoms with E-state index in [2.05, 4.69) is 5.32 Å². The summed E-state index contributed by atoms with van der Waals surface area (Å²) in [4.78, 5) is 50.5. The van der Waals surface area contributed by atoms with Gasteiger partial charge in [-0.05, 0) is 31.2 Å². The minimum Gasteiger partial charge on any atom is -0.465 e. The van der Waals surface area contributed by atoms with Crippen LogP contribution in [0.4, 0.5) is 9.80 Å². The lowest BCUT2D eigenvalue weighted by Gasteiger charge is -2.13. The van der Waals surface area contributed by atoms with Crippen molar-refractivity contribution in [2.75, 3.05) is 19.0 Å². The molecule has 2 heterocycles. The zero-order valence-electron chi connectivity index (χ0n) is 16.0. The topological polar surface area (TPSA) is 92.8 Å². The molecule has 1 aliphatic heterocycles. The van der Waals surface area contributed by atoms with Crippen LogP contribution in [-0.2, 0) is 14.3 Å². The number of hydrogen-bond donors (Lipinski definition) is 1. The lowest BCUT2D eigenvalue weighted by molar-refractivity contribution is -0.127. The Balaban J connectivity index is 1.83. The SMILES string of the molecule is COC(=O)c1c(-c2ccccc2)csc1NC(=O)CN1C(=O)SC(=C(C)C)C1=O. The van der Waals surface area contributed by atoms with E-state index in [-0.39, 0.29) is 5.56 Å². The summed E-state index contributed by atoms with van der Waals surface area (Å²) < 4.78 is 4.88. The minimum atomic E-state index is -0.587. The minimum absolute atomic E-state index is 0.232. The number of methoxy groups -OCH3 is 1. The highest BCUT2D eigenvalue weighted by Crippen LogP contribution is 2.36. The largest absolute Gasteiger partial charge is 0.465 e. The third-order valence-corrected chi connectivity index (χ3v) is 6.20. The first kappa shape index (κ1) is 20.8. The van der Waals surface area contributed by atoms with Gasteiger partial charge >= 0.3 is 5.97 Å². The van der Waals surface area contributed by atoms with Crippen molar-refractivity contribution >= 4 is 51.1 Å². The highest BCUT2D eigenvalue weighted by atomic mass is 32.2. The van der Waals surface area contributed by atoms with Gasteiger partial charge in [0.15, 0.2) is 0 Å². The lowest BCUT2D eigenvalue weighted by atomic mass is 10.0. The molecule has 0 atom stereocenters. The Bertz CT molecular complexity index is 1020. The molecule has 0 radical (unpaired) electrons. The third-order valence-electron chi connectivity index (χ3n) is 4.12. The number of carbonyl (C=O) groups excluding carboxylic acids is 4. The van der Waals surface area contributed by atoms with E-state index in [0.29, 0.717) is 15.5 Å². The molecule has 29 heavy (non-hydrogen) atoms. The van der Waals surface area contributed by atoms with Crippen LogP contribution in [0.5, 0.6) is 0 Å². The average molecular weight is 431 g/mol. The molecule has 1 fully saturated rings. The molecule has 1 aromatic carbocycles. The molecule has 0 bridgehead atoms. The molecule has 3 rings (SSSR count). The maximum Gasteiger partial charge on any atom is 0.341 e. The standard InChI is InChI=1S/C20H18N2O5S2/c1-11(2)16-18(24)22(20(26)29-16)9-14(23)21-17-15(19(25)27-3)13(10-28-17)12-7-5-4-6-8-12/h4-8,10H,9H2,1-3H3,(H,21,23). The van der Waals surface area contributed by atoms with E-state index in [1.165, 1.54) is 18.4 Å². The monoisotopic (exact) mass is 430 g/mol. The Kier molecular flexibility index (Phi) is 6.19. The molecule has 9 heteroatoms. The number of esters is 1. The van der Waals surface area contributed by atoms with Gasteiger partial charge in [-0.2, -0.15) is 0 Å². The number of rotatable bonds is 5. The molecule has 150 valence electrons. The summed E-state index contributed by atoms with van der Waals surface area (Å²) in [5, 5.41) is 4.19. The Morgan fingerprint density at radius 1 is 1.14 bits per heavy atom. The summed E-state index contributed by atoms with van der Waals surface area (Å²) in [6.07, 6.45) is 0. The number of nitrogens with zero attached hydrogens (tertiary/aromatic N) is 1. The highest BCUT2D eigenvalue weighted by molar-refractivity contribution is 8.18. The van der Waals surface area contributed by atoms with Crippen molar-refractivity contribution in [3.63, 3.8) is 0 Å². The van der Waals surface area contributed by atoms with Gasteiger partial charge in [0.25, 0.3) is 11.1 Å². The summed E-state index contributed by atoms with van der Waals surface area (Å²) >= 11 is 1.99. The fraction of sp³-hybridized carbons (Fsp3) is 0.200. The molecular weight excluding hydrogens is 412 g/mol. The maximum absolute atomic E-state index is 12.5. The zero-order valence-corrected chi connectivity index (χ0v) is 17.6. The Labute approximate surface area is 175 Å². The first-order valence-corrected chi connectivity index (χ1v) is 10.3. The first-order chi connectivity index (χ1) is 13.8. The molecule has 1 aliphatic rings. The number of hydrogen-bond acceptors (Lipinski definition) is 7. The number of anilines is 1. The molecule has 2 aromatic rings. The van der Waals surface area contributed by atoms with Gasteiger partial charge in [-0.15, -0.1) is 11.3 Å². The van der Waals surface area contributed by atoms with Crippen molar-refractivity contribution in [1.29, 1.82) is 0 Å². The van der Waals surface area contributed by atoms with Gasteiger partial charge < -0.3 is 10.1 Å². The number of imide groups is 1. The Morgan fingerprint density at radius 2 is 1.83 bits per heavy atom. The maximum atomic E-state index is 12.5. The molecule has 0 unspecified atom stereocenters. The van der Waals surface area contributed by atoms with Crippen LogP contribution < -0.4 is 5.32 Å². The Morgan fingerprint density at radius 3 is 2.41 bits per heavy atom. The van der Waals surface area contributed by atoms with Crippen LogP contribution in [0.25, 0.3) is 11.1 Å². The number of benzene rings is 1. The molecule has 7 nitrogen and oxygen atoms in total. The second kappa shape index (κ2) is 8.62. The molecule has 3 amide bonds. The van der Waals surface area contributed by atoms with Crippen LogP contribution in [0.1, 0.15) is 24.2 Å². The van der Waals surface area contributed by atoms with Gasteiger partial charge in [0, 0.05) is 10.9 Å². The van der Waals surface area contributed by atoms with E-state index < -0.39 is 29.6 Å². The molecule has 0 spiro atoms. The van der Waals surface area contributed by atoms with Gasteiger partial charge in [0.2, 0.25) is 5.91 Å². The van der Waals surface area contributed by atoms with E-state index in [1.54, 1.807) is 19.2 Å². The summed E-state index contributed by atoms with van der Waals surface area (Å²) in [7, 11) is 1.26. The predicted molar refractivity (Wildman–Crippen MR) is 113 cm³/mol. The Hall–Kier alpha value is -2.91. The van der Waals surface area contributed by atoms with Crippen LogP contribution >= 0.6 is 23.1 Å². The van der Waals surface area contributed by atoms with Crippen LogP contribution in [0, 0.1) is 0 Å². The van der Waals surface area contributed by atoms with Crippen molar-refractivity contribution in [2.24, 2.45) is 0 Å². The van der Waals surface area contributed by atoms with Crippen LogP contribution in [0.15, 0.2) is 46.2 Å². The van der Waals surface area contributed by atoms with Crippen molar-refractivity contribution < 1.29 is 23.9 Å². The van der Waals surface area contributed by atoms with Gasteiger partial charge in [0.1, 0.15) is 17.1 Å². The van der Waals surface area contributed by atoms with Crippen LogP contribution in [0.2, 0.25) is 0 Å². The number of amides is 3. The molecule has 1 aromatic heterocycles. The van der Waals surface area contributed by atoms with E-state index >= 15 is 0 Å². The predicted octanol–water partition coefficient (Wildman–Crippen LogP) is 4.13. The van der Waals surface area contributed by atoms with Gasteiger partial charge in [-0.3, -0.25) is 19.3 Å². The van der Waals surface area contributed by atoms with Gasteiger partial charge in [0.05, 0.1) is 12.0 Å². The summed E-state index contributed by atoms with van der Waals surface area (Å²) in [5.41, 5.74) is 2.39. The number of nitrogens with one attached hydrogen (secondary N) is 1. The quantitative estimate of drug-likeness (QED) is 0.566. The number of thiophene rings is 1. The molecule has 1 saturated heterocycles. The molecule has 0 saturated carbocycles. The van der Waals surface area contributed by atoms with E-state index in [0.717, 1.165) is 27.8 Å². The third kappa shape index (κ3) is 4.25. The highest BCUT2D eigenvalue weighted by Gasteiger charge is 2.37. The zero-order chi connectivity index (χ0) is 21.1. The number of ether oxygens (including phenoxy) is 1. The number of allylic oxidation sites excluding steroid dienone is 1. The van der Waals surface area contributed by atoms with E-state index in [1.807, 2.05) is 30.3 Å². The van der Waals surface area contributed by atoms with Crippen molar-refractivity contribution in [2.45, 2.75) is 13.8 Å². The second-order valence-electron chi connectivity index (χ2n) is 6.35. The fourth-order valence-electron chi connectivity index (χ4n) is 2.74. The second-order valence-corrected chi connectivity index (χ2v) is 8.19. The average Bonchev–Trinajstić information content (AvgIpc) is 3.24.